The van der Waals surface area contributed by atoms with E-state index in [9.17, 15) is 9.18 Å². The first kappa shape index (κ1) is 22.3. The fraction of sp³-hybridized carbons (Fsp3) is 0.120. The van der Waals surface area contributed by atoms with E-state index in [4.69, 9.17) is 26.4 Å². The van der Waals surface area contributed by atoms with Crippen LogP contribution in [0, 0.1) is 5.82 Å². The first-order valence-corrected chi connectivity index (χ1v) is 10.5. The molecule has 1 fully saturated rings. The summed E-state index contributed by atoms with van der Waals surface area (Å²) in [5.74, 6) is 1.09. The number of thiocarbonyl (C=S) groups is 1. The van der Waals surface area contributed by atoms with Gasteiger partial charge in [-0.2, -0.15) is 0 Å². The summed E-state index contributed by atoms with van der Waals surface area (Å²) in [7, 11) is 3.11. The minimum absolute atomic E-state index is 0.207. The molecule has 1 aliphatic rings. The summed E-state index contributed by atoms with van der Waals surface area (Å²) in [6, 6.07) is 18.4. The zero-order valence-corrected chi connectivity index (χ0v) is 18.8. The number of amides is 1. The van der Waals surface area contributed by atoms with Crippen LogP contribution in [0.2, 0.25) is 0 Å². The molecule has 0 radical (unpaired) electrons. The van der Waals surface area contributed by atoms with Gasteiger partial charge in [-0.25, -0.2) is 9.29 Å². The number of methoxy groups -OCH3 is 2. The van der Waals surface area contributed by atoms with Gasteiger partial charge < -0.3 is 19.5 Å². The van der Waals surface area contributed by atoms with Gasteiger partial charge in [-0.15, -0.1) is 0 Å². The Bertz CT molecular complexity index is 1230. The number of nitrogens with one attached hydrogen (secondary N) is 1. The minimum atomic E-state index is -0.331. The Balaban J connectivity index is 1.58. The fourth-order valence-electron chi connectivity index (χ4n) is 3.43. The monoisotopic (exact) mass is 464 g/mol. The van der Waals surface area contributed by atoms with Crippen LogP contribution in [0.25, 0.3) is 6.08 Å². The van der Waals surface area contributed by atoms with Gasteiger partial charge in [0, 0.05) is 5.56 Å². The third-order valence-corrected chi connectivity index (χ3v) is 5.31. The largest absolute Gasteiger partial charge is 0.496 e. The molecule has 1 amide bonds. The minimum Gasteiger partial charge on any atom is -0.496 e. The Labute approximate surface area is 196 Å². The highest BCUT2D eigenvalue weighted by Gasteiger charge is 2.33. The van der Waals surface area contributed by atoms with E-state index in [0.717, 1.165) is 11.1 Å². The molecule has 0 unspecified atom stereocenters. The Morgan fingerprint density at radius 2 is 1.73 bits per heavy atom. The van der Waals surface area contributed by atoms with Crippen LogP contribution in [-0.4, -0.2) is 25.2 Å². The Morgan fingerprint density at radius 3 is 2.45 bits per heavy atom. The van der Waals surface area contributed by atoms with Crippen molar-refractivity contribution in [2.24, 2.45) is 0 Å². The first-order valence-electron chi connectivity index (χ1n) is 10.1. The van der Waals surface area contributed by atoms with Crippen LogP contribution < -0.4 is 24.4 Å². The number of benzene rings is 3. The van der Waals surface area contributed by atoms with Crippen LogP contribution in [0.1, 0.15) is 11.1 Å². The first-order chi connectivity index (χ1) is 16.0. The zero-order chi connectivity index (χ0) is 23.4. The second-order valence-electron chi connectivity index (χ2n) is 7.11. The molecule has 0 bridgehead atoms. The van der Waals surface area contributed by atoms with Crippen molar-refractivity contribution in [1.82, 2.24) is 5.32 Å². The van der Waals surface area contributed by atoms with Gasteiger partial charge in [0.15, 0.2) is 5.11 Å². The Hall–Kier alpha value is -3.91. The topological polar surface area (TPSA) is 60.0 Å². The van der Waals surface area contributed by atoms with E-state index in [1.54, 1.807) is 50.6 Å². The van der Waals surface area contributed by atoms with E-state index in [1.807, 2.05) is 24.3 Å². The summed E-state index contributed by atoms with van der Waals surface area (Å²) >= 11 is 5.40. The van der Waals surface area contributed by atoms with Gasteiger partial charge in [-0.05, 0) is 72.4 Å². The molecule has 0 atom stereocenters. The standard InChI is InChI=1S/C25H21FN2O4S/c1-30-22-12-7-16(13-17(22)15-32-19-10-8-18(26)9-11-19)14-20-24(29)28(25(33)27-20)21-5-3-4-6-23(21)31-2/h3-14H,15H2,1-2H3,(H,27,33)/b20-14+. The zero-order valence-electron chi connectivity index (χ0n) is 18.0. The molecule has 0 spiro atoms. The van der Waals surface area contributed by atoms with Crippen LogP contribution in [-0.2, 0) is 11.4 Å². The van der Waals surface area contributed by atoms with Crippen molar-refractivity contribution >= 4 is 35.0 Å². The lowest BCUT2D eigenvalue weighted by Crippen LogP contribution is -2.30. The number of rotatable bonds is 7. The summed E-state index contributed by atoms with van der Waals surface area (Å²) in [6.07, 6.45) is 1.71. The van der Waals surface area contributed by atoms with Crippen LogP contribution in [0.3, 0.4) is 0 Å². The summed E-state index contributed by atoms with van der Waals surface area (Å²) in [5, 5.41) is 3.25. The van der Waals surface area contributed by atoms with Gasteiger partial charge in [0.25, 0.3) is 5.91 Å². The van der Waals surface area contributed by atoms with E-state index in [-0.39, 0.29) is 23.4 Å². The third-order valence-electron chi connectivity index (χ3n) is 5.03. The molecule has 1 saturated heterocycles. The average Bonchev–Trinajstić information content (AvgIpc) is 3.11. The maximum atomic E-state index is 13.1. The molecule has 3 aromatic rings. The van der Waals surface area contributed by atoms with E-state index in [2.05, 4.69) is 5.32 Å². The van der Waals surface area contributed by atoms with Gasteiger partial charge in [-0.1, -0.05) is 18.2 Å². The fourth-order valence-corrected chi connectivity index (χ4v) is 3.72. The van der Waals surface area contributed by atoms with Gasteiger partial charge in [-0.3, -0.25) is 4.79 Å². The second kappa shape index (κ2) is 9.70. The highest BCUT2D eigenvalue weighted by atomic mass is 32.1. The van der Waals surface area contributed by atoms with Crippen molar-refractivity contribution < 1.29 is 23.4 Å². The number of anilines is 1. The summed E-state index contributed by atoms with van der Waals surface area (Å²) in [4.78, 5) is 14.5. The third kappa shape index (κ3) is 4.80. The molecule has 33 heavy (non-hydrogen) atoms. The Kier molecular flexibility index (Phi) is 6.55. The van der Waals surface area contributed by atoms with Crippen LogP contribution in [0.4, 0.5) is 10.1 Å². The van der Waals surface area contributed by atoms with E-state index in [0.29, 0.717) is 28.6 Å². The quantitative estimate of drug-likeness (QED) is 0.405. The maximum Gasteiger partial charge on any atom is 0.281 e. The lowest BCUT2D eigenvalue weighted by Gasteiger charge is -2.17. The number of para-hydroxylation sites is 2. The highest BCUT2D eigenvalue weighted by Crippen LogP contribution is 2.31. The number of hydrogen-bond donors (Lipinski definition) is 1. The number of nitrogens with zero attached hydrogens (tertiary/aromatic N) is 1. The second-order valence-corrected chi connectivity index (χ2v) is 7.50. The molecule has 0 aliphatic carbocycles. The van der Waals surface area contributed by atoms with Crippen LogP contribution >= 0.6 is 12.2 Å². The van der Waals surface area contributed by atoms with Gasteiger partial charge in [0.2, 0.25) is 0 Å². The number of ether oxygens (including phenoxy) is 3. The lowest BCUT2D eigenvalue weighted by atomic mass is 10.1. The lowest BCUT2D eigenvalue weighted by molar-refractivity contribution is -0.113. The predicted octanol–water partition coefficient (Wildman–Crippen LogP) is 4.68. The molecule has 8 heteroatoms. The van der Waals surface area contributed by atoms with Gasteiger partial charge >= 0.3 is 0 Å². The molecule has 168 valence electrons. The molecular formula is C25H21FN2O4S. The molecular weight excluding hydrogens is 443 g/mol. The van der Waals surface area contributed by atoms with Crippen molar-refractivity contribution in [2.75, 3.05) is 19.1 Å². The molecule has 0 aromatic heterocycles. The van der Waals surface area contributed by atoms with Crippen molar-refractivity contribution in [3.05, 3.63) is 89.4 Å². The number of carbonyl (C=O) groups is 1. The predicted molar refractivity (Wildman–Crippen MR) is 128 cm³/mol. The van der Waals surface area contributed by atoms with Crippen LogP contribution in [0.5, 0.6) is 17.2 Å². The molecule has 4 rings (SSSR count). The van der Waals surface area contributed by atoms with Crippen molar-refractivity contribution in [1.29, 1.82) is 0 Å². The van der Waals surface area contributed by atoms with Crippen molar-refractivity contribution in [3.8, 4) is 17.2 Å². The Morgan fingerprint density at radius 1 is 1.00 bits per heavy atom. The smallest absolute Gasteiger partial charge is 0.281 e. The van der Waals surface area contributed by atoms with E-state index in [1.165, 1.54) is 17.0 Å². The summed E-state index contributed by atoms with van der Waals surface area (Å²) < 4.78 is 29.7. The molecule has 0 saturated carbocycles. The normalized spacial score (nSPS) is 14.4. The maximum absolute atomic E-state index is 13.1. The van der Waals surface area contributed by atoms with E-state index < -0.39 is 0 Å². The molecule has 1 heterocycles. The van der Waals surface area contributed by atoms with E-state index >= 15 is 0 Å². The average molecular weight is 465 g/mol. The van der Waals surface area contributed by atoms with Crippen molar-refractivity contribution in [3.63, 3.8) is 0 Å². The number of halogens is 1. The molecule has 6 nitrogen and oxygen atoms in total. The molecule has 3 aromatic carbocycles. The number of carbonyl (C=O) groups excluding carboxylic acids is 1. The highest BCUT2D eigenvalue weighted by molar-refractivity contribution is 7.80. The number of hydrogen-bond acceptors (Lipinski definition) is 5. The molecule has 1 N–H and O–H groups in total. The summed E-state index contributed by atoms with van der Waals surface area (Å²) in [6.45, 7) is 0.207. The molecule has 1 aliphatic heterocycles. The SMILES string of the molecule is COc1ccc(/C=C2/NC(=S)N(c3ccccc3OC)C2=O)cc1COc1ccc(F)cc1. The summed E-state index contributed by atoms with van der Waals surface area (Å²) in [5.41, 5.74) is 2.43. The van der Waals surface area contributed by atoms with Gasteiger partial charge in [0.1, 0.15) is 35.4 Å². The van der Waals surface area contributed by atoms with Gasteiger partial charge in [0.05, 0.1) is 19.9 Å². The van der Waals surface area contributed by atoms with Crippen molar-refractivity contribution in [2.45, 2.75) is 6.61 Å². The van der Waals surface area contributed by atoms with Crippen LogP contribution in [0.15, 0.2) is 72.4 Å².